The lowest BCUT2D eigenvalue weighted by Gasteiger charge is -1.96. The number of aliphatic hydroxyl groups is 1. The van der Waals surface area contributed by atoms with Gasteiger partial charge in [0.2, 0.25) is 0 Å². The second-order valence-electron chi connectivity index (χ2n) is 2.83. The maximum Gasteiger partial charge on any atom is 0.126 e. The standard InChI is InChI=1S/C10H14O2/c1-9(4-2-6-11)8-10-5-3-7-12-10/h3,5,7-8,11H,2,4,6H2,1H3/b9-8+. The molecule has 1 heterocycles. The van der Waals surface area contributed by atoms with E-state index in [9.17, 15) is 0 Å². The number of hydrogen-bond acceptors (Lipinski definition) is 2. The molecule has 0 radical (unpaired) electrons. The molecule has 1 N–H and O–H groups in total. The molecule has 0 amide bonds. The van der Waals surface area contributed by atoms with Gasteiger partial charge in [-0.2, -0.15) is 0 Å². The Bertz CT molecular complexity index is 234. The van der Waals surface area contributed by atoms with E-state index in [1.807, 2.05) is 25.1 Å². The molecule has 66 valence electrons. The largest absolute Gasteiger partial charge is 0.465 e. The third-order valence-electron chi connectivity index (χ3n) is 1.66. The highest BCUT2D eigenvalue weighted by Crippen LogP contribution is 2.10. The predicted octanol–water partition coefficient (Wildman–Crippen LogP) is 2.46. The summed E-state index contributed by atoms with van der Waals surface area (Å²) in [7, 11) is 0. The molecule has 0 aliphatic rings. The maximum atomic E-state index is 8.59. The van der Waals surface area contributed by atoms with E-state index in [0.29, 0.717) is 0 Å². The zero-order valence-electron chi connectivity index (χ0n) is 7.29. The van der Waals surface area contributed by atoms with E-state index in [4.69, 9.17) is 9.52 Å². The Hall–Kier alpha value is -1.02. The summed E-state index contributed by atoms with van der Waals surface area (Å²) < 4.78 is 5.15. The van der Waals surface area contributed by atoms with Crippen molar-refractivity contribution in [3.63, 3.8) is 0 Å². The van der Waals surface area contributed by atoms with Crippen molar-refractivity contribution in [1.82, 2.24) is 0 Å². The predicted molar refractivity (Wildman–Crippen MR) is 48.7 cm³/mol. The fraction of sp³-hybridized carbons (Fsp3) is 0.400. The number of allylic oxidation sites excluding steroid dienone is 1. The first kappa shape index (κ1) is 9.07. The van der Waals surface area contributed by atoms with Gasteiger partial charge in [-0.1, -0.05) is 5.57 Å². The molecule has 0 unspecified atom stereocenters. The third kappa shape index (κ3) is 2.93. The number of rotatable bonds is 4. The van der Waals surface area contributed by atoms with Crippen molar-refractivity contribution in [2.75, 3.05) is 6.61 Å². The van der Waals surface area contributed by atoms with E-state index >= 15 is 0 Å². The van der Waals surface area contributed by atoms with Crippen LogP contribution in [-0.4, -0.2) is 11.7 Å². The summed E-state index contributed by atoms with van der Waals surface area (Å²) in [6.07, 6.45) is 5.40. The van der Waals surface area contributed by atoms with Gasteiger partial charge in [0.15, 0.2) is 0 Å². The van der Waals surface area contributed by atoms with Crippen molar-refractivity contribution >= 4 is 6.08 Å². The molecule has 1 aromatic rings. The maximum absolute atomic E-state index is 8.59. The summed E-state index contributed by atoms with van der Waals surface area (Å²) in [6.45, 7) is 2.29. The highest BCUT2D eigenvalue weighted by atomic mass is 16.3. The van der Waals surface area contributed by atoms with Gasteiger partial charge >= 0.3 is 0 Å². The van der Waals surface area contributed by atoms with Crippen LogP contribution in [0.15, 0.2) is 28.4 Å². The number of furan rings is 1. The summed E-state index contributed by atoms with van der Waals surface area (Å²) in [5.41, 5.74) is 1.24. The van der Waals surface area contributed by atoms with Crippen LogP contribution >= 0.6 is 0 Å². The zero-order chi connectivity index (χ0) is 8.81. The Morgan fingerprint density at radius 1 is 1.67 bits per heavy atom. The fourth-order valence-corrected chi connectivity index (χ4v) is 1.05. The van der Waals surface area contributed by atoms with Crippen LogP contribution in [-0.2, 0) is 0 Å². The second kappa shape index (κ2) is 4.78. The van der Waals surface area contributed by atoms with Gasteiger partial charge in [-0.05, 0) is 38.0 Å². The summed E-state index contributed by atoms with van der Waals surface area (Å²) in [5, 5.41) is 8.59. The van der Waals surface area contributed by atoms with Gasteiger partial charge in [-0.3, -0.25) is 0 Å². The van der Waals surface area contributed by atoms with Gasteiger partial charge in [0.05, 0.1) is 6.26 Å². The molecule has 0 spiro atoms. The van der Waals surface area contributed by atoms with Crippen LogP contribution in [0.1, 0.15) is 25.5 Å². The SMILES string of the molecule is C/C(=C\c1ccco1)CCCO. The van der Waals surface area contributed by atoms with E-state index < -0.39 is 0 Å². The van der Waals surface area contributed by atoms with Crippen LogP contribution in [0, 0.1) is 0 Å². The van der Waals surface area contributed by atoms with E-state index in [1.54, 1.807) is 6.26 Å². The molecule has 0 fully saturated rings. The first-order chi connectivity index (χ1) is 5.83. The molecule has 12 heavy (non-hydrogen) atoms. The highest BCUT2D eigenvalue weighted by molar-refractivity contribution is 5.46. The molecular formula is C10H14O2. The quantitative estimate of drug-likeness (QED) is 0.745. The molecule has 0 aliphatic carbocycles. The highest BCUT2D eigenvalue weighted by Gasteiger charge is 1.92. The molecule has 0 aromatic carbocycles. The first-order valence-corrected chi connectivity index (χ1v) is 4.14. The van der Waals surface area contributed by atoms with Crippen LogP contribution in [0.25, 0.3) is 6.08 Å². The normalized spacial score (nSPS) is 12.0. The van der Waals surface area contributed by atoms with Gasteiger partial charge < -0.3 is 9.52 Å². The minimum atomic E-state index is 0.253. The first-order valence-electron chi connectivity index (χ1n) is 4.14. The lowest BCUT2D eigenvalue weighted by molar-refractivity contribution is 0.288. The molecule has 0 aliphatic heterocycles. The van der Waals surface area contributed by atoms with Gasteiger partial charge in [0, 0.05) is 6.61 Å². The average Bonchev–Trinajstić information content (AvgIpc) is 2.53. The molecule has 2 nitrogen and oxygen atoms in total. The van der Waals surface area contributed by atoms with Crippen LogP contribution in [0.2, 0.25) is 0 Å². The van der Waals surface area contributed by atoms with Gasteiger partial charge in [0.1, 0.15) is 5.76 Å². The molecular weight excluding hydrogens is 152 g/mol. The zero-order valence-corrected chi connectivity index (χ0v) is 7.29. The topological polar surface area (TPSA) is 33.4 Å². The van der Waals surface area contributed by atoms with E-state index in [-0.39, 0.29) is 6.61 Å². The van der Waals surface area contributed by atoms with Crippen LogP contribution in [0.5, 0.6) is 0 Å². The third-order valence-corrected chi connectivity index (χ3v) is 1.66. The van der Waals surface area contributed by atoms with Crippen molar-refractivity contribution in [2.24, 2.45) is 0 Å². The monoisotopic (exact) mass is 166 g/mol. The van der Waals surface area contributed by atoms with Crippen LogP contribution in [0.4, 0.5) is 0 Å². The molecule has 2 heteroatoms. The summed E-state index contributed by atoms with van der Waals surface area (Å²) in [5.74, 6) is 0.880. The number of hydrogen-bond donors (Lipinski definition) is 1. The van der Waals surface area contributed by atoms with E-state index in [0.717, 1.165) is 18.6 Å². The van der Waals surface area contributed by atoms with Crippen molar-refractivity contribution < 1.29 is 9.52 Å². The lowest BCUT2D eigenvalue weighted by Crippen LogP contribution is -1.83. The molecule has 0 atom stereocenters. The molecule has 0 bridgehead atoms. The van der Waals surface area contributed by atoms with Crippen molar-refractivity contribution in [3.8, 4) is 0 Å². The summed E-state index contributed by atoms with van der Waals surface area (Å²) in [6, 6.07) is 3.79. The van der Waals surface area contributed by atoms with E-state index in [2.05, 4.69) is 0 Å². The average molecular weight is 166 g/mol. The Morgan fingerprint density at radius 3 is 3.08 bits per heavy atom. The Labute approximate surface area is 72.5 Å². The minimum Gasteiger partial charge on any atom is -0.465 e. The van der Waals surface area contributed by atoms with Crippen molar-refractivity contribution in [3.05, 3.63) is 29.7 Å². The number of aliphatic hydroxyl groups excluding tert-OH is 1. The second-order valence-corrected chi connectivity index (χ2v) is 2.83. The molecule has 0 saturated heterocycles. The van der Waals surface area contributed by atoms with Crippen LogP contribution in [0.3, 0.4) is 0 Å². The lowest BCUT2D eigenvalue weighted by atomic mass is 10.1. The Kier molecular flexibility index (Phi) is 3.61. The van der Waals surface area contributed by atoms with E-state index in [1.165, 1.54) is 5.57 Å². The van der Waals surface area contributed by atoms with Gasteiger partial charge in [-0.25, -0.2) is 0 Å². The van der Waals surface area contributed by atoms with Crippen molar-refractivity contribution in [1.29, 1.82) is 0 Å². The van der Waals surface area contributed by atoms with Gasteiger partial charge in [0.25, 0.3) is 0 Å². The van der Waals surface area contributed by atoms with Gasteiger partial charge in [-0.15, -0.1) is 0 Å². The smallest absolute Gasteiger partial charge is 0.126 e. The fourth-order valence-electron chi connectivity index (χ4n) is 1.05. The molecule has 1 rings (SSSR count). The Morgan fingerprint density at radius 2 is 2.50 bits per heavy atom. The van der Waals surface area contributed by atoms with Crippen LogP contribution < -0.4 is 0 Å². The summed E-state index contributed by atoms with van der Waals surface area (Å²) >= 11 is 0. The van der Waals surface area contributed by atoms with Crippen molar-refractivity contribution in [2.45, 2.75) is 19.8 Å². The molecule has 0 saturated carbocycles. The minimum absolute atomic E-state index is 0.253. The molecule has 1 aromatic heterocycles. The Balaban J connectivity index is 2.46. The summed E-state index contributed by atoms with van der Waals surface area (Å²) in [4.78, 5) is 0.